The van der Waals surface area contributed by atoms with E-state index in [2.05, 4.69) is 32.9 Å². The summed E-state index contributed by atoms with van der Waals surface area (Å²) in [6, 6.07) is 4.53. The summed E-state index contributed by atoms with van der Waals surface area (Å²) in [5.74, 6) is 0.607. The predicted molar refractivity (Wildman–Crippen MR) is 53.8 cm³/mol. The van der Waals surface area contributed by atoms with E-state index in [0.29, 0.717) is 5.92 Å². The second-order valence-electron chi connectivity index (χ2n) is 4.14. The molecule has 1 heterocycles. The molecule has 1 aliphatic heterocycles. The van der Waals surface area contributed by atoms with E-state index in [0.717, 1.165) is 13.2 Å². The van der Waals surface area contributed by atoms with Gasteiger partial charge in [-0.05, 0) is 29.5 Å². The average molecular weight is 176 g/mol. The van der Waals surface area contributed by atoms with E-state index in [4.69, 9.17) is 4.74 Å². The summed E-state index contributed by atoms with van der Waals surface area (Å²) in [4.78, 5) is 0. The highest BCUT2D eigenvalue weighted by atomic mass is 16.5. The molecule has 1 aliphatic rings. The Kier molecular flexibility index (Phi) is 2.12. The lowest BCUT2D eigenvalue weighted by Crippen LogP contribution is -1.96. The number of benzene rings is 1. The molecule has 2 rings (SSSR count). The SMILES string of the molecule is Cc1cc2c(c(C(C)C)c1)COC2. The van der Waals surface area contributed by atoms with Crippen molar-refractivity contribution in [2.75, 3.05) is 0 Å². The first-order chi connectivity index (χ1) is 6.18. The molecule has 0 aliphatic carbocycles. The normalized spacial score (nSPS) is 15.1. The Morgan fingerprint density at radius 2 is 2.00 bits per heavy atom. The average Bonchev–Trinajstić information content (AvgIpc) is 2.49. The molecule has 1 nitrogen and oxygen atoms in total. The first-order valence-corrected chi connectivity index (χ1v) is 4.88. The lowest BCUT2D eigenvalue weighted by atomic mass is 9.93. The Morgan fingerprint density at radius 3 is 2.69 bits per heavy atom. The van der Waals surface area contributed by atoms with Crippen LogP contribution in [0.5, 0.6) is 0 Å². The highest BCUT2D eigenvalue weighted by molar-refractivity contribution is 5.41. The van der Waals surface area contributed by atoms with Gasteiger partial charge in [-0.15, -0.1) is 0 Å². The zero-order chi connectivity index (χ0) is 9.42. The number of hydrogen-bond donors (Lipinski definition) is 0. The van der Waals surface area contributed by atoms with Gasteiger partial charge in [0, 0.05) is 0 Å². The largest absolute Gasteiger partial charge is 0.372 e. The van der Waals surface area contributed by atoms with Crippen molar-refractivity contribution in [2.45, 2.75) is 39.9 Å². The van der Waals surface area contributed by atoms with Crippen LogP contribution in [-0.2, 0) is 18.0 Å². The Bertz CT molecular complexity index is 326. The van der Waals surface area contributed by atoms with Crippen molar-refractivity contribution < 1.29 is 4.74 Å². The molecule has 0 bridgehead atoms. The van der Waals surface area contributed by atoms with E-state index in [1.165, 1.54) is 22.3 Å². The van der Waals surface area contributed by atoms with Crippen molar-refractivity contribution in [3.05, 3.63) is 34.4 Å². The molecule has 0 unspecified atom stereocenters. The van der Waals surface area contributed by atoms with E-state index in [-0.39, 0.29) is 0 Å². The molecule has 0 fully saturated rings. The molecule has 1 aromatic carbocycles. The third-order valence-corrected chi connectivity index (χ3v) is 2.65. The van der Waals surface area contributed by atoms with Gasteiger partial charge in [0.15, 0.2) is 0 Å². The van der Waals surface area contributed by atoms with Gasteiger partial charge in [-0.25, -0.2) is 0 Å². The molecule has 0 aromatic heterocycles. The second kappa shape index (κ2) is 3.15. The topological polar surface area (TPSA) is 9.23 Å². The number of aryl methyl sites for hydroxylation is 1. The maximum atomic E-state index is 5.46. The van der Waals surface area contributed by atoms with Crippen LogP contribution in [0.4, 0.5) is 0 Å². The molecule has 0 saturated carbocycles. The van der Waals surface area contributed by atoms with Gasteiger partial charge in [-0.2, -0.15) is 0 Å². The van der Waals surface area contributed by atoms with Crippen LogP contribution in [0.3, 0.4) is 0 Å². The molecule has 0 N–H and O–H groups in total. The molecule has 13 heavy (non-hydrogen) atoms. The molecule has 0 amide bonds. The van der Waals surface area contributed by atoms with Crippen LogP contribution in [0.15, 0.2) is 12.1 Å². The van der Waals surface area contributed by atoms with Crippen molar-refractivity contribution in [3.63, 3.8) is 0 Å². The number of hydrogen-bond acceptors (Lipinski definition) is 1. The smallest absolute Gasteiger partial charge is 0.0727 e. The molecular formula is C12H16O. The zero-order valence-corrected chi connectivity index (χ0v) is 8.55. The molecule has 0 saturated heterocycles. The second-order valence-corrected chi connectivity index (χ2v) is 4.14. The molecule has 0 radical (unpaired) electrons. The van der Waals surface area contributed by atoms with E-state index in [1.807, 2.05) is 0 Å². The van der Waals surface area contributed by atoms with Gasteiger partial charge >= 0.3 is 0 Å². The van der Waals surface area contributed by atoms with Crippen LogP contribution in [0.1, 0.15) is 42.0 Å². The van der Waals surface area contributed by atoms with Gasteiger partial charge in [0.2, 0.25) is 0 Å². The van der Waals surface area contributed by atoms with Crippen LogP contribution in [0.25, 0.3) is 0 Å². The first kappa shape index (κ1) is 8.76. The van der Waals surface area contributed by atoms with E-state index < -0.39 is 0 Å². The summed E-state index contributed by atoms with van der Waals surface area (Å²) >= 11 is 0. The first-order valence-electron chi connectivity index (χ1n) is 4.88. The molecule has 1 heteroatoms. The lowest BCUT2D eigenvalue weighted by molar-refractivity contribution is 0.134. The minimum atomic E-state index is 0.607. The van der Waals surface area contributed by atoms with Gasteiger partial charge in [0.1, 0.15) is 0 Å². The van der Waals surface area contributed by atoms with Crippen LogP contribution in [0.2, 0.25) is 0 Å². The molecular weight excluding hydrogens is 160 g/mol. The fourth-order valence-electron chi connectivity index (χ4n) is 2.00. The van der Waals surface area contributed by atoms with Gasteiger partial charge < -0.3 is 4.74 Å². The third-order valence-electron chi connectivity index (χ3n) is 2.65. The van der Waals surface area contributed by atoms with Crippen LogP contribution >= 0.6 is 0 Å². The standard InChI is InChI=1S/C12H16O/c1-8(2)11-5-9(3)4-10-6-13-7-12(10)11/h4-5,8H,6-7H2,1-3H3. The predicted octanol–water partition coefficient (Wildman–Crippen LogP) is 3.15. The van der Waals surface area contributed by atoms with Crippen molar-refractivity contribution >= 4 is 0 Å². The Morgan fingerprint density at radius 1 is 1.23 bits per heavy atom. The fourth-order valence-corrected chi connectivity index (χ4v) is 2.00. The van der Waals surface area contributed by atoms with Gasteiger partial charge in [-0.1, -0.05) is 31.5 Å². The van der Waals surface area contributed by atoms with Crippen molar-refractivity contribution in [2.24, 2.45) is 0 Å². The molecule has 0 spiro atoms. The summed E-state index contributed by atoms with van der Waals surface area (Å²) in [5.41, 5.74) is 5.64. The van der Waals surface area contributed by atoms with Crippen molar-refractivity contribution in [1.82, 2.24) is 0 Å². The quantitative estimate of drug-likeness (QED) is 0.638. The summed E-state index contributed by atoms with van der Waals surface area (Å²) < 4.78 is 5.46. The number of fused-ring (bicyclic) bond motifs is 1. The number of rotatable bonds is 1. The highest BCUT2D eigenvalue weighted by Gasteiger charge is 2.17. The van der Waals surface area contributed by atoms with Crippen molar-refractivity contribution in [1.29, 1.82) is 0 Å². The Labute approximate surface area is 79.7 Å². The van der Waals surface area contributed by atoms with E-state index >= 15 is 0 Å². The minimum absolute atomic E-state index is 0.607. The molecule has 0 atom stereocenters. The van der Waals surface area contributed by atoms with Gasteiger partial charge in [0.05, 0.1) is 13.2 Å². The van der Waals surface area contributed by atoms with Crippen LogP contribution in [-0.4, -0.2) is 0 Å². The van der Waals surface area contributed by atoms with Crippen LogP contribution < -0.4 is 0 Å². The maximum Gasteiger partial charge on any atom is 0.0727 e. The highest BCUT2D eigenvalue weighted by Crippen LogP contribution is 2.29. The van der Waals surface area contributed by atoms with Crippen LogP contribution in [0, 0.1) is 6.92 Å². The summed E-state index contributed by atoms with van der Waals surface area (Å²) in [7, 11) is 0. The maximum absolute atomic E-state index is 5.46. The minimum Gasteiger partial charge on any atom is -0.372 e. The van der Waals surface area contributed by atoms with Gasteiger partial charge in [0.25, 0.3) is 0 Å². The molecule has 1 aromatic rings. The van der Waals surface area contributed by atoms with Gasteiger partial charge in [-0.3, -0.25) is 0 Å². The third kappa shape index (κ3) is 1.49. The fraction of sp³-hybridized carbons (Fsp3) is 0.500. The Hall–Kier alpha value is -0.820. The zero-order valence-electron chi connectivity index (χ0n) is 8.55. The summed E-state index contributed by atoms with van der Waals surface area (Å²) in [5, 5.41) is 0. The number of ether oxygens (including phenoxy) is 1. The summed E-state index contributed by atoms with van der Waals surface area (Å²) in [6.07, 6.45) is 0. The summed E-state index contributed by atoms with van der Waals surface area (Å²) in [6.45, 7) is 8.26. The Balaban J connectivity index is 2.55. The molecule has 70 valence electrons. The lowest BCUT2D eigenvalue weighted by Gasteiger charge is -2.11. The van der Waals surface area contributed by atoms with Crippen molar-refractivity contribution in [3.8, 4) is 0 Å². The van der Waals surface area contributed by atoms with E-state index in [1.54, 1.807) is 0 Å². The monoisotopic (exact) mass is 176 g/mol. The van der Waals surface area contributed by atoms with E-state index in [9.17, 15) is 0 Å².